The first kappa shape index (κ1) is 22.0. The van der Waals surface area contributed by atoms with Crippen LogP contribution in [0, 0.1) is 11.6 Å². The normalized spacial score (nSPS) is 11.6. The standard InChI is InChI=1S/C20H19F2N3O3S2/c1-3-25(4-2)30(27,28)15-8-5-13(6-9-15)19(26)24-20-23-18(12-29-20)16-10-7-14(21)11-17(16)22/h5-12H,3-4H2,1-2H3,(H,23,24,26). The first-order valence-corrected chi connectivity index (χ1v) is 11.4. The van der Waals surface area contributed by atoms with Gasteiger partial charge in [0.1, 0.15) is 11.6 Å². The summed E-state index contributed by atoms with van der Waals surface area (Å²) in [4.78, 5) is 16.7. The lowest BCUT2D eigenvalue weighted by molar-refractivity contribution is 0.102. The molecule has 0 radical (unpaired) electrons. The average Bonchev–Trinajstić information content (AvgIpc) is 3.17. The molecular formula is C20H19F2N3O3S2. The first-order valence-electron chi connectivity index (χ1n) is 9.08. The highest BCUT2D eigenvalue weighted by Crippen LogP contribution is 2.27. The molecule has 1 amide bonds. The van der Waals surface area contributed by atoms with Crippen LogP contribution >= 0.6 is 11.3 Å². The molecule has 0 spiro atoms. The van der Waals surface area contributed by atoms with Crippen LogP contribution in [0.1, 0.15) is 24.2 Å². The van der Waals surface area contributed by atoms with Crippen molar-refractivity contribution in [3.63, 3.8) is 0 Å². The lowest BCUT2D eigenvalue weighted by Crippen LogP contribution is -2.30. The van der Waals surface area contributed by atoms with Gasteiger partial charge < -0.3 is 0 Å². The number of thiazole rings is 1. The Labute approximate surface area is 177 Å². The smallest absolute Gasteiger partial charge is 0.257 e. The molecule has 1 N–H and O–H groups in total. The lowest BCUT2D eigenvalue weighted by Gasteiger charge is -2.18. The molecule has 1 aromatic heterocycles. The number of hydrogen-bond donors (Lipinski definition) is 1. The van der Waals surface area contributed by atoms with Gasteiger partial charge in [-0.15, -0.1) is 11.3 Å². The molecule has 158 valence electrons. The Balaban J connectivity index is 1.75. The van der Waals surface area contributed by atoms with Gasteiger partial charge in [-0.3, -0.25) is 10.1 Å². The van der Waals surface area contributed by atoms with Gasteiger partial charge in [0, 0.05) is 35.7 Å². The average molecular weight is 452 g/mol. The summed E-state index contributed by atoms with van der Waals surface area (Å²) >= 11 is 1.09. The second-order valence-corrected chi connectivity index (χ2v) is 9.03. The Kier molecular flexibility index (Phi) is 6.59. The van der Waals surface area contributed by atoms with E-state index >= 15 is 0 Å². The number of hydrogen-bond acceptors (Lipinski definition) is 5. The Bertz CT molecular complexity index is 1160. The Morgan fingerprint density at radius 1 is 1.10 bits per heavy atom. The minimum atomic E-state index is -3.61. The van der Waals surface area contributed by atoms with Gasteiger partial charge in [-0.25, -0.2) is 22.2 Å². The number of carbonyl (C=O) groups excluding carboxylic acids is 1. The maximum absolute atomic E-state index is 13.9. The number of aromatic nitrogens is 1. The molecule has 0 fully saturated rings. The third-order valence-corrected chi connectivity index (χ3v) is 7.21. The van der Waals surface area contributed by atoms with E-state index in [0.717, 1.165) is 23.5 Å². The molecule has 0 saturated carbocycles. The quantitative estimate of drug-likeness (QED) is 0.579. The summed E-state index contributed by atoms with van der Waals surface area (Å²) < 4.78 is 53.3. The maximum atomic E-state index is 13.9. The molecular weight excluding hydrogens is 432 g/mol. The molecule has 3 rings (SSSR count). The van der Waals surface area contributed by atoms with E-state index < -0.39 is 27.6 Å². The zero-order chi connectivity index (χ0) is 21.9. The molecule has 0 bridgehead atoms. The van der Waals surface area contributed by atoms with Crippen LogP contribution in [0.4, 0.5) is 13.9 Å². The third kappa shape index (κ3) is 4.55. The Morgan fingerprint density at radius 2 is 1.77 bits per heavy atom. The van der Waals surface area contributed by atoms with Crippen LogP contribution in [0.15, 0.2) is 52.7 Å². The van der Waals surface area contributed by atoms with Crippen LogP contribution in [0.5, 0.6) is 0 Å². The van der Waals surface area contributed by atoms with Crippen LogP contribution in [0.2, 0.25) is 0 Å². The zero-order valence-electron chi connectivity index (χ0n) is 16.2. The first-order chi connectivity index (χ1) is 14.3. The fraction of sp³-hybridized carbons (Fsp3) is 0.200. The summed E-state index contributed by atoms with van der Waals surface area (Å²) in [6.45, 7) is 4.20. The number of carbonyl (C=O) groups is 1. The molecule has 6 nitrogen and oxygen atoms in total. The van der Waals surface area contributed by atoms with E-state index in [-0.39, 0.29) is 26.8 Å². The summed E-state index contributed by atoms with van der Waals surface area (Å²) in [5, 5.41) is 4.38. The lowest BCUT2D eigenvalue weighted by atomic mass is 10.1. The Hall–Kier alpha value is -2.69. The van der Waals surface area contributed by atoms with Crippen molar-refractivity contribution in [2.45, 2.75) is 18.7 Å². The number of benzene rings is 2. The molecule has 30 heavy (non-hydrogen) atoms. The molecule has 1 heterocycles. The van der Waals surface area contributed by atoms with Crippen LogP contribution in [-0.4, -0.2) is 36.7 Å². The van der Waals surface area contributed by atoms with Gasteiger partial charge in [0.05, 0.1) is 10.6 Å². The molecule has 0 atom stereocenters. The maximum Gasteiger partial charge on any atom is 0.257 e. The number of nitrogens with zero attached hydrogens (tertiary/aromatic N) is 2. The highest BCUT2D eigenvalue weighted by atomic mass is 32.2. The number of nitrogens with one attached hydrogen (secondary N) is 1. The number of halogens is 2. The van der Waals surface area contributed by atoms with E-state index in [0.29, 0.717) is 13.1 Å². The van der Waals surface area contributed by atoms with Gasteiger partial charge in [-0.1, -0.05) is 13.8 Å². The summed E-state index contributed by atoms with van der Waals surface area (Å²) in [5.41, 5.74) is 0.644. The van der Waals surface area contributed by atoms with Crippen molar-refractivity contribution in [3.05, 3.63) is 65.0 Å². The largest absolute Gasteiger partial charge is 0.298 e. The van der Waals surface area contributed by atoms with Gasteiger partial charge >= 0.3 is 0 Å². The van der Waals surface area contributed by atoms with Crippen molar-refractivity contribution in [1.29, 1.82) is 0 Å². The summed E-state index contributed by atoms with van der Waals surface area (Å²) in [7, 11) is -3.61. The molecule has 10 heteroatoms. The highest BCUT2D eigenvalue weighted by Gasteiger charge is 2.22. The predicted molar refractivity (Wildman–Crippen MR) is 112 cm³/mol. The molecule has 0 aliphatic heterocycles. The van der Waals surface area contributed by atoms with Gasteiger partial charge in [0.15, 0.2) is 5.13 Å². The van der Waals surface area contributed by atoms with Crippen molar-refractivity contribution in [2.24, 2.45) is 0 Å². The summed E-state index contributed by atoms with van der Waals surface area (Å²) in [6, 6.07) is 8.76. The number of anilines is 1. The molecule has 0 aliphatic carbocycles. The van der Waals surface area contributed by atoms with E-state index in [4.69, 9.17) is 0 Å². The van der Waals surface area contributed by atoms with Crippen LogP contribution < -0.4 is 5.32 Å². The zero-order valence-corrected chi connectivity index (χ0v) is 17.9. The van der Waals surface area contributed by atoms with Crippen molar-refractivity contribution in [2.75, 3.05) is 18.4 Å². The number of sulfonamides is 1. The van der Waals surface area contributed by atoms with Crippen LogP contribution in [0.3, 0.4) is 0 Å². The van der Waals surface area contributed by atoms with E-state index in [9.17, 15) is 22.0 Å². The van der Waals surface area contributed by atoms with E-state index in [1.54, 1.807) is 19.2 Å². The van der Waals surface area contributed by atoms with Gasteiger partial charge in [-0.05, 0) is 36.4 Å². The van der Waals surface area contributed by atoms with E-state index in [1.165, 1.54) is 34.6 Å². The second-order valence-electron chi connectivity index (χ2n) is 6.23. The van der Waals surface area contributed by atoms with E-state index in [2.05, 4.69) is 10.3 Å². The number of rotatable bonds is 7. The molecule has 3 aromatic rings. The van der Waals surface area contributed by atoms with Crippen molar-refractivity contribution in [3.8, 4) is 11.3 Å². The van der Waals surface area contributed by atoms with Gasteiger partial charge in [0.2, 0.25) is 10.0 Å². The minimum Gasteiger partial charge on any atom is -0.298 e. The third-order valence-electron chi connectivity index (χ3n) is 4.39. The molecule has 0 saturated heterocycles. The summed E-state index contributed by atoms with van der Waals surface area (Å²) in [5.74, 6) is -1.92. The fourth-order valence-corrected chi connectivity index (χ4v) is 4.98. The molecule has 0 aliphatic rings. The van der Waals surface area contributed by atoms with Gasteiger partial charge in [0.25, 0.3) is 5.91 Å². The van der Waals surface area contributed by atoms with Crippen molar-refractivity contribution < 1.29 is 22.0 Å². The van der Waals surface area contributed by atoms with E-state index in [1.807, 2.05) is 0 Å². The minimum absolute atomic E-state index is 0.103. The predicted octanol–water partition coefficient (Wildman–Crippen LogP) is 4.37. The topological polar surface area (TPSA) is 79.4 Å². The second kappa shape index (κ2) is 8.99. The number of amides is 1. The molecule has 0 unspecified atom stereocenters. The SMILES string of the molecule is CCN(CC)S(=O)(=O)c1ccc(C(=O)Nc2nc(-c3ccc(F)cc3F)cs2)cc1. The van der Waals surface area contributed by atoms with Crippen LogP contribution in [-0.2, 0) is 10.0 Å². The van der Waals surface area contributed by atoms with Crippen LogP contribution in [0.25, 0.3) is 11.3 Å². The van der Waals surface area contributed by atoms with Crippen molar-refractivity contribution >= 4 is 32.4 Å². The van der Waals surface area contributed by atoms with Gasteiger partial charge in [-0.2, -0.15) is 4.31 Å². The highest BCUT2D eigenvalue weighted by molar-refractivity contribution is 7.89. The monoisotopic (exact) mass is 451 g/mol. The fourth-order valence-electron chi connectivity index (χ4n) is 2.81. The van der Waals surface area contributed by atoms with Crippen molar-refractivity contribution in [1.82, 2.24) is 9.29 Å². The molecule has 2 aromatic carbocycles. The Morgan fingerprint density at radius 3 is 2.37 bits per heavy atom. The summed E-state index contributed by atoms with van der Waals surface area (Å²) in [6.07, 6.45) is 0.